The van der Waals surface area contributed by atoms with Gasteiger partial charge in [-0.2, -0.15) is 0 Å². The monoisotopic (exact) mass is 474 g/mol. The second kappa shape index (κ2) is 8.15. The number of carbonyl (C=O) groups excluding carboxylic acids is 1. The first-order chi connectivity index (χ1) is 15.5. The van der Waals surface area contributed by atoms with Gasteiger partial charge in [0.25, 0.3) is 0 Å². The molecule has 4 saturated carbocycles. The van der Waals surface area contributed by atoms with Crippen LogP contribution in [0.3, 0.4) is 0 Å². The molecule has 0 aromatic rings. The van der Waals surface area contributed by atoms with Crippen molar-refractivity contribution in [2.75, 3.05) is 0 Å². The van der Waals surface area contributed by atoms with Gasteiger partial charge < -0.3 is 15.3 Å². The fourth-order valence-corrected chi connectivity index (χ4v) is 10.2. The van der Waals surface area contributed by atoms with Crippen LogP contribution in [0.25, 0.3) is 0 Å². The third kappa shape index (κ3) is 3.52. The first kappa shape index (κ1) is 26.4. The Labute approximate surface area is 207 Å². The van der Waals surface area contributed by atoms with Crippen molar-refractivity contribution in [2.24, 2.45) is 45.3 Å². The lowest BCUT2D eigenvalue weighted by molar-refractivity contribution is -0.246. The quantitative estimate of drug-likeness (QED) is 0.448. The van der Waals surface area contributed by atoms with Gasteiger partial charge in [0.15, 0.2) is 5.78 Å². The van der Waals surface area contributed by atoms with E-state index in [4.69, 9.17) is 0 Å². The minimum absolute atomic E-state index is 0.00153. The molecule has 34 heavy (non-hydrogen) atoms. The van der Waals surface area contributed by atoms with Gasteiger partial charge in [-0.15, -0.1) is 0 Å². The summed E-state index contributed by atoms with van der Waals surface area (Å²) in [5.74, 6) is 0.938. The number of rotatable bonds is 5. The van der Waals surface area contributed by atoms with E-state index in [2.05, 4.69) is 41.2 Å². The molecule has 4 nitrogen and oxygen atoms in total. The maximum atomic E-state index is 12.2. The summed E-state index contributed by atoms with van der Waals surface area (Å²) in [6.07, 6.45) is 6.87. The van der Waals surface area contributed by atoms with E-state index in [1.54, 1.807) is 6.92 Å². The summed E-state index contributed by atoms with van der Waals surface area (Å²) in [7, 11) is 0. The highest BCUT2D eigenvalue weighted by Gasteiger charge is 2.71. The lowest BCUT2D eigenvalue weighted by atomic mass is 9.35. The summed E-state index contributed by atoms with van der Waals surface area (Å²) in [6, 6.07) is 0. The number of fused-ring (bicyclic) bond motifs is 5. The van der Waals surface area contributed by atoms with Gasteiger partial charge in [0.2, 0.25) is 0 Å². The molecule has 0 heterocycles. The average Bonchev–Trinajstić information content (AvgIpc) is 3.12. The van der Waals surface area contributed by atoms with Crippen LogP contribution in [0.1, 0.15) is 106 Å². The van der Waals surface area contributed by atoms with E-state index >= 15 is 0 Å². The van der Waals surface area contributed by atoms with Crippen molar-refractivity contribution in [1.29, 1.82) is 0 Å². The Morgan fingerprint density at radius 2 is 1.59 bits per heavy atom. The van der Waals surface area contributed by atoms with Gasteiger partial charge in [0.05, 0.1) is 17.8 Å². The highest BCUT2D eigenvalue weighted by Crippen LogP contribution is 2.75. The number of Topliss-reactive ketones (excluding diaryl/α,β-unsaturated/α-hetero) is 1. The number of hydrogen-bond donors (Lipinski definition) is 3. The zero-order chi connectivity index (χ0) is 25.5. The second-order valence-corrected chi connectivity index (χ2v) is 14.4. The SMILES string of the molecule is C=C(C)C(=O)CC[C@](C)(O)[C@H]1CC[C@]2(C)[C@@H]1[C@H](O)C[C@@H]1[C@@]3(C)CC[C@@H](O)C(C)(C)[C@@H]3CC[C@]12C. The van der Waals surface area contributed by atoms with Crippen LogP contribution in [0.2, 0.25) is 0 Å². The first-order valence-electron chi connectivity index (χ1n) is 13.8. The zero-order valence-electron chi connectivity index (χ0n) is 22.8. The molecular formula is C30H50O4. The van der Waals surface area contributed by atoms with Gasteiger partial charge in [-0.05, 0) is 116 Å². The second-order valence-electron chi connectivity index (χ2n) is 14.4. The minimum atomic E-state index is -0.976. The number of carbonyl (C=O) groups is 1. The van der Waals surface area contributed by atoms with E-state index in [0.29, 0.717) is 30.3 Å². The van der Waals surface area contributed by atoms with Gasteiger partial charge in [-0.1, -0.05) is 41.2 Å². The smallest absolute Gasteiger partial charge is 0.158 e. The van der Waals surface area contributed by atoms with Gasteiger partial charge in [0.1, 0.15) is 0 Å². The molecule has 0 saturated heterocycles. The Hall–Kier alpha value is -0.710. The summed E-state index contributed by atoms with van der Waals surface area (Å²) < 4.78 is 0. The molecule has 0 radical (unpaired) electrons. The van der Waals surface area contributed by atoms with Crippen molar-refractivity contribution >= 4 is 5.78 Å². The number of hydrogen-bond acceptors (Lipinski definition) is 4. The minimum Gasteiger partial charge on any atom is -0.393 e. The number of aliphatic hydroxyl groups excluding tert-OH is 2. The fourth-order valence-electron chi connectivity index (χ4n) is 10.2. The molecule has 194 valence electrons. The molecule has 4 rings (SSSR count). The Kier molecular flexibility index (Phi) is 6.32. The van der Waals surface area contributed by atoms with Crippen LogP contribution in [0, 0.1) is 45.3 Å². The highest BCUT2D eigenvalue weighted by atomic mass is 16.3. The Balaban J connectivity index is 1.65. The molecule has 0 aromatic carbocycles. The maximum Gasteiger partial charge on any atom is 0.158 e. The molecule has 0 aromatic heterocycles. The zero-order valence-corrected chi connectivity index (χ0v) is 22.8. The molecule has 0 unspecified atom stereocenters. The predicted molar refractivity (Wildman–Crippen MR) is 136 cm³/mol. The van der Waals surface area contributed by atoms with E-state index in [1.165, 1.54) is 0 Å². The molecule has 0 bridgehead atoms. The fraction of sp³-hybridized carbons (Fsp3) is 0.900. The van der Waals surface area contributed by atoms with E-state index in [0.717, 1.165) is 44.9 Å². The van der Waals surface area contributed by atoms with Crippen molar-refractivity contribution < 1.29 is 20.1 Å². The molecule has 4 aliphatic rings. The largest absolute Gasteiger partial charge is 0.393 e. The summed E-state index contributed by atoms with van der Waals surface area (Å²) in [6.45, 7) is 19.2. The van der Waals surface area contributed by atoms with Crippen molar-refractivity contribution in [3.8, 4) is 0 Å². The third-order valence-corrected chi connectivity index (χ3v) is 12.5. The maximum absolute atomic E-state index is 12.2. The van der Waals surface area contributed by atoms with Crippen LogP contribution in [-0.4, -0.2) is 38.9 Å². The van der Waals surface area contributed by atoms with Crippen LogP contribution >= 0.6 is 0 Å². The van der Waals surface area contributed by atoms with Crippen molar-refractivity contribution in [3.63, 3.8) is 0 Å². The van der Waals surface area contributed by atoms with E-state index in [-0.39, 0.29) is 45.4 Å². The first-order valence-corrected chi connectivity index (χ1v) is 13.8. The summed E-state index contributed by atoms with van der Waals surface area (Å²) in [5, 5.41) is 34.2. The normalized spacial score (nSPS) is 49.4. The van der Waals surface area contributed by atoms with Gasteiger partial charge in [0, 0.05) is 6.42 Å². The van der Waals surface area contributed by atoms with Crippen LogP contribution in [0.5, 0.6) is 0 Å². The molecule has 3 N–H and O–H groups in total. The summed E-state index contributed by atoms with van der Waals surface area (Å²) in [4.78, 5) is 12.2. The molecule has 0 spiro atoms. The van der Waals surface area contributed by atoms with Crippen LogP contribution < -0.4 is 0 Å². The molecule has 10 atom stereocenters. The molecule has 4 fully saturated rings. The lowest BCUT2D eigenvalue weighted by Crippen LogP contribution is -2.66. The molecular weight excluding hydrogens is 424 g/mol. The average molecular weight is 475 g/mol. The molecule has 4 aliphatic carbocycles. The lowest BCUT2D eigenvalue weighted by Gasteiger charge is -2.70. The van der Waals surface area contributed by atoms with E-state index in [1.807, 2.05) is 6.92 Å². The van der Waals surface area contributed by atoms with Crippen molar-refractivity contribution in [3.05, 3.63) is 12.2 Å². The molecule has 0 aliphatic heterocycles. The Morgan fingerprint density at radius 1 is 0.971 bits per heavy atom. The summed E-state index contributed by atoms with van der Waals surface area (Å²) in [5.41, 5.74) is -0.371. The Morgan fingerprint density at radius 3 is 2.21 bits per heavy atom. The topological polar surface area (TPSA) is 77.8 Å². The van der Waals surface area contributed by atoms with Crippen LogP contribution in [0.15, 0.2) is 12.2 Å². The standard InChI is InChI=1S/C30H50O4/c1-18(2)20(31)10-16-30(8,34)19-9-14-29(7)25(19)21(32)17-23-27(5)13-12-24(33)26(3,4)22(27)11-15-28(23,29)6/h19,21-25,32-34H,1,9-17H2,2-8H3/t19-,21+,22-,23+,24+,25-,27-,28+,29+,30-/m0/s1. The summed E-state index contributed by atoms with van der Waals surface area (Å²) >= 11 is 0. The van der Waals surface area contributed by atoms with Crippen LogP contribution in [-0.2, 0) is 4.79 Å². The Bertz CT molecular complexity index is 845. The van der Waals surface area contributed by atoms with E-state index < -0.39 is 11.7 Å². The third-order valence-electron chi connectivity index (χ3n) is 12.5. The van der Waals surface area contributed by atoms with Crippen molar-refractivity contribution in [2.45, 2.75) is 124 Å². The van der Waals surface area contributed by atoms with Crippen molar-refractivity contribution in [1.82, 2.24) is 0 Å². The highest BCUT2D eigenvalue weighted by molar-refractivity contribution is 5.94. The number of aliphatic hydroxyl groups is 3. The number of allylic oxidation sites excluding steroid dienone is 1. The number of ketones is 1. The predicted octanol–water partition coefficient (Wildman–Crippen LogP) is 5.68. The van der Waals surface area contributed by atoms with Gasteiger partial charge in [-0.3, -0.25) is 4.79 Å². The van der Waals surface area contributed by atoms with Gasteiger partial charge in [-0.25, -0.2) is 0 Å². The van der Waals surface area contributed by atoms with Crippen LogP contribution in [0.4, 0.5) is 0 Å². The molecule has 4 heteroatoms. The van der Waals surface area contributed by atoms with E-state index in [9.17, 15) is 20.1 Å². The molecule has 0 amide bonds. The van der Waals surface area contributed by atoms with Gasteiger partial charge >= 0.3 is 0 Å².